The fourth-order valence-electron chi connectivity index (χ4n) is 1.65. The molecule has 0 bridgehead atoms. The van der Waals surface area contributed by atoms with E-state index < -0.39 is 0 Å². The molecule has 0 aromatic carbocycles. The second-order valence-corrected chi connectivity index (χ2v) is 5.10. The molecular weight excluding hydrogens is 178 g/mol. The van der Waals surface area contributed by atoms with Gasteiger partial charge in [0, 0.05) is 10.9 Å². The third-order valence-electron chi connectivity index (χ3n) is 2.69. The van der Waals surface area contributed by atoms with Crippen molar-refractivity contribution in [2.75, 3.05) is 0 Å². The zero-order valence-corrected chi connectivity index (χ0v) is 8.72. The summed E-state index contributed by atoms with van der Waals surface area (Å²) in [4.78, 5) is 1.43. The maximum atomic E-state index is 6.05. The molecule has 2 N–H and O–H groups in total. The van der Waals surface area contributed by atoms with E-state index >= 15 is 0 Å². The van der Waals surface area contributed by atoms with Gasteiger partial charge in [-0.2, -0.15) is 0 Å². The largest absolute Gasteiger partial charge is 0.327 e. The Morgan fingerprint density at radius 2 is 2.38 bits per heavy atom. The highest BCUT2D eigenvalue weighted by molar-refractivity contribution is 7.09. The molecule has 1 saturated carbocycles. The predicted octanol–water partition coefficient (Wildman–Crippen LogP) is 2.81. The van der Waals surface area contributed by atoms with Gasteiger partial charge < -0.3 is 5.73 Å². The smallest absolute Gasteiger partial charge is 0.00872 e. The van der Waals surface area contributed by atoms with Crippen LogP contribution in [0.3, 0.4) is 0 Å². The van der Waals surface area contributed by atoms with Crippen LogP contribution in [0.25, 0.3) is 0 Å². The normalized spacial score (nSPS) is 18.8. The lowest BCUT2D eigenvalue weighted by molar-refractivity contribution is 0.554. The molecule has 0 amide bonds. The van der Waals surface area contributed by atoms with E-state index in [0.717, 1.165) is 12.3 Å². The number of hydrogen-bond donors (Lipinski definition) is 1. The summed E-state index contributed by atoms with van der Waals surface area (Å²) >= 11 is 1.82. The van der Waals surface area contributed by atoms with Gasteiger partial charge in [-0.15, -0.1) is 11.3 Å². The van der Waals surface area contributed by atoms with E-state index in [1.807, 2.05) is 11.3 Å². The highest BCUT2D eigenvalue weighted by atomic mass is 32.1. The average molecular weight is 195 g/mol. The molecule has 2 heteroatoms. The Morgan fingerprint density at radius 3 is 3.00 bits per heavy atom. The van der Waals surface area contributed by atoms with Gasteiger partial charge in [0.2, 0.25) is 0 Å². The van der Waals surface area contributed by atoms with Crippen LogP contribution in [-0.4, -0.2) is 6.04 Å². The predicted molar refractivity (Wildman–Crippen MR) is 58.0 cm³/mol. The Morgan fingerprint density at radius 1 is 1.54 bits per heavy atom. The van der Waals surface area contributed by atoms with Gasteiger partial charge in [-0.25, -0.2) is 0 Å². The van der Waals surface area contributed by atoms with Crippen LogP contribution < -0.4 is 5.73 Å². The van der Waals surface area contributed by atoms with Gasteiger partial charge >= 0.3 is 0 Å². The van der Waals surface area contributed by atoms with E-state index in [1.165, 1.54) is 30.6 Å². The quantitative estimate of drug-likeness (QED) is 0.768. The van der Waals surface area contributed by atoms with Gasteiger partial charge in [0.25, 0.3) is 0 Å². The second-order valence-electron chi connectivity index (χ2n) is 4.06. The summed E-state index contributed by atoms with van der Waals surface area (Å²) in [5.41, 5.74) is 6.05. The molecule has 13 heavy (non-hydrogen) atoms. The molecule has 1 aliphatic carbocycles. The van der Waals surface area contributed by atoms with Crippen LogP contribution in [0.15, 0.2) is 17.5 Å². The fourth-order valence-corrected chi connectivity index (χ4v) is 2.44. The summed E-state index contributed by atoms with van der Waals surface area (Å²) in [5.74, 6) is 1.02. The summed E-state index contributed by atoms with van der Waals surface area (Å²) in [6, 6.07) is 4.68. The second kappa shape index (κ2) is 4.25. The molecular formula is C11H17NS. The van der Waals surface area contributed by atoms with Crippen molar-refractivity contribution in [2.24, 2.45) is 11.7 Å². The Balaban J connectivity index is 1.68. The molecule has 1 aliphatic rings. The van der Waals surface area contributed by atoms with Crippen molar-refractivity contribution >= 4 is 11.3 Å². The lowest BCUT2D eigenvalue weighted by atomic mass is 10.1. The minimum Gasteiger partial charge on any atom is -0.327 e. The number of nitrogens with two attached hydrogens (primary N) is 1. The Bertz CT molecular complexity index is 239. The molecule has 2 rings (SSSR count). The van der Waals surface area contributed by atoms with Crippen LogP contribution in [0.1, 0.15) is 30.6 Å². The molecule has 1 heterocycles. The molecule has 0 aliphatic heterocycles. The van der Waals surface area contributed by atoms with Crippen molar-refractivity contribution in [3.8, 4) is 0 Å². The number of rotatable bonds is 5. The van der Waals surface area contributed by atoms with Gasteiger partial charge in [-0.3, -0.25) is 0 Å². The van der Waals surface area contributed by atoms with E-state index in [2.05, 4.69) is 17.5 Å². The third kappa shape index (κ3) is 3.12. The van der Waals surface area contributed by atoms with Gasteiger partial charge in [-0.05, 0) is 36.6 Å². The third-order valence-corrected chi connectivity index (χ3v) is 3.58. The van der Waals surface area contributed by atoms with Crippen LogP contribution in [0.2, 0.25) is 0 Å². The summed E-state index contributed by atoms with van der Waals surface area (Å²) < 4.78 is 0. The summed E-state index contributed by atoms with van der Waals surface area (Å²) in [7, 11) is 0. The van der Waals surface area contributed by atoms with E-state index in [1.54, 1.807) is 0 Å². The van der Waals surface area contributed by atoms with Crippen molar-refractivity contribution in [2.45, 2.75) is 38.1 Å². The van der Waals surface area contributed by atoms with Gasteiger partial charge in [0.05, 0.1) is 0 Å². The van der Waals surface area contributed by atoms with Crippen molar-refractivity contribution in [3.05, 3.63) is 22.4 Å². The molecule has 72 valence electrons. The van der Waals surface area contributed by atoms with Crippen molar-refractivity contribution in [1.29, 1.82) is 0 Å². The molecule has 1 fully saturated rings. The molecule has 1 aromatic heterocycles. The minimum absolute atomic E-state index is 0.388. The molecule has 1 atom stereocenters. The minimum atomic E-state index is 0.388. The molecule has 1 unspecified atom stereocenters. The summed E-state index contributed by atoms with van der Waals surface area (Å²) in [6.45, 7) is 0. The van der Waals surface area contributed by atoms with Crippen molar-refractivity contribution in [3.63, 3.8) is 0 Å². The van der Waals surface area contributed by atoms with Gasteiger partial charge in [0.15, 0.2) is 0 Å². The summed E-state index contributed by atoms with van der Waals surface area (Å²) in [6.07, 6.45) is 6.54. The first-order valence-electron chi connectivity index (χ1n) is 5.12. The monoisotopic (exact) mass is 195 g/mol. The first-order chi connectivity index (χ1) is 6.34. The lowest BCUT2D eigenvalue weighted by Gasteiger charge is -2.09. The van der Waals surface area contributed by atoms with Crippen molar-refractivity contribution in [1.82, 2.24) is 0 Å². The maximum Gasteiger partial charge on any atom is 0.00872 e. The van der Waals surface area contributed by atoms with Crippen LogP contribution in [0, 0.1) is 5.92 Å². The SMILES string of the molecule is NC(CCC1CC1)Cc1cccs1. The van der Waals surface area contributed by atoms with Gasteiger partial charge in [0.1, 0.15) is 0 Å². The standard InChI is InChI=1S/C11H17NS/c12-10(6-5-9-3-4-9)8-11-2-1-7-13-11/h1-2,7,9-10H,3-6,8,12H2. The molecule has 1 aromatic rings. The first-order valence-corrected chi connectivity index (χ1v) is 6.00. The van der Waals surface area contributed by atoms with E-state index in [9.17, 15) is 0 Å². The summed E-state index contributed by atoms with van der Waals surface area (Å²) in [5, 5.41) is 2.13. The number of thiophene rings is 1. The highest BCUT2D eigenvalue weighted by Crippen LogP contribution is 2.33. The molecule has 0 saturated heterocycles. The fraction of sp³-hybridized carbons (Fsp3) is 0.636. The van der Waals surface area contributed by atoms with Crippen molar-refractivity contribution < 1.29 is 0 Å². The average Bonchev–Trinajstić information content (AvgIpc) is 2.82. The lowest BCUT2D eigenvalue weighted by Crippen LogP contribution is -2.22. The molecule has 0 spiro atoms. The maximum absolute atomic E-state index is 6.05. The van der Waals surface area contributed by atoms with E-state index in [-0.39, 0.29) is 0 Å². The van der Waals surface area contributed by atoms with E-state index in [4.69, 9.17) is 5.73 Å². The van der Waals surface area contributed by atoms with Gasteiger partial charge in [-0.1, -0.05) is 18.9 Å². The van der Waals surface area contributed by atoms with Crippen LogP contribution in [0.5, 0.6) is 0 Å². The Labute approximate surface area is 84.0 Å². The zero-order chi connectivity index (χ0) is 9.10. The highest BCUT2D eigenvalue weighted by Gasteiger charge is 2.21. The zero-order valence-electron chi connectivity index (χ0n) is 7.91. The molecule has 1 nitrogen and oxygen atoms in total. The number of hydrogen-bond acceptors (Lipinski definition) is 2. The van der Waals surface area contributed by atoms with E-state index in [0.29, 0.717) is 6.04 Å². The van der Waals surface area contributed by atoms with Crippen LogP contribution in [0.4, 0.5) is 0 Å². The first kappa shape index (κ1) is 9.22. The Hall–Kier alpha value is -0.340. The van der Waals surface area contributed by atoms with Crippen LogP contribution in [-0.2, 0) is 6.42 Å². The Kier molecular flexibility index (Phi) is 3.01. The van der Waals surface area contributed by atoms with Crippen LogP contribution >= 0.6 is 11.3 Å². The molecule has 0 radical (unpaired) electrons. The topological polar surface area (TPSA) is 26.0 Å².